The average Bonchev–Trinajstić information content (AvgIpc) is 2.02. The number of ether oxygens (including phenoxy) is 2. The Morgan fingerprint density at radius 3 is 3.18 bits per heavy atom. The summed E-state index contributed by atoms with van der Waals surface area (Å²) in [5.41, 5.74) is 0. The van der Waals surface area contributed by atoms with Gasteiger partial charge >= 0.3 is 0 Å². The van der Waals surface area contributed by atoms with Gasteiger partial charge in [-0.3, -0.25) is 0 Å². The van der Waals surface area contributed by atoms with Gasteiger partial charge in [-0.2, -0.15) is 0 Å². The van der Waals surface area contributed by atoms with Gasteiger partial charge in [-0.1, -0.05) is 12.2 Å². The molecule has 60 valence electrons. The van der Waals surface area contributed by atoms with Crippen LogP contribution in [0.1, 0.15) is 6.92 Å². The van der Waals surface area contributed by atoms with E-state index in [4.69, 9.17) is 9.47 Å². The maximum Gasteiger partial charge on any atom is 0.272 e. The van der Waals surface area contributed by atoms with Gasteiger partial charge in [-0.05, 0) is 25.7 Å². The molecule has 1 rings (SSSR count). The van der Waals surface area contributed by atoms with Gasteiger partial charge < -0.3 is 9.47 Å². The van der Waals surface area contributed by atoms with Gasteiger partial charge in [0.15, 0.2) is 0 Å². The molecule has 2 heteroatoms. The molecule has 0 radical (unpaired) electrons. The summed E-state index contributed by atoms with van der Waals surface area (Å²) < 4.78 is 10.3. The van der Waals surface area contributed by atoms with E-state index in [1.54, 1.807) is 0 Å². The Bertz CT molecular complexity index is 192. The Balaban J connectivity index is 2.56. The minimum absolute atomic E-state index is 0.0326. The minimum atomic E-state index is 0.0326. The lowest BCUT2D eigenvalue weighted by Crippen LogP contribution is -2.05. The van der Waals surface area contributed by atoms with Gasteiger partial charge in [0.2, 0.25) is 0 Å². The fourth-order valence-corrected chi connectivity index (χ4v) is 0.776. The monoisotopic (exact) mass is 152 g/mol. The van der Waals surface area contributed by atoms with Gasteiger partial charge in [-0.15, -0.1) is 0 Å². The molecule has 1 aliphatic heterocycles. The van der Waals surface area contributed by atoms with E-state index in [1.165, 1.54) is 0 Å². The van der Waals surface area contributed by atoms with Crippen LogP contribution >= 0.6 is 0 Å². The van der Waals surface area contributed by atoms with E-state index in [0.29, 0.717) is 12.6 Å². The van der Waals surface area contributed by atoms with Gasteiger partial charge in [-0.25, -0.2) is 0 Å². The summed E-state index contributed by atoms with van der Waals surface area (Å²) in [5.74, 6) is 0.383. The Morgan fingerprint density at radius 1 is 1.55 bits per heavy atom. The molecule has 11 heavy (non-hydrogen) atoms. The molecular weight excluding hydrogens is 140 g/mol. The third kappa shape index (κ3) is 2.94. The molecule has 0 fully saturated rings. The highest BCUT2D eigenvalue weighted by Gasteiger charge is 2.00. The smallest absolute Gasteiger partial charge is 0.272 e. The van der Waals surface area contributed by atoms with Gasteiger partial charge in [0.25, 0.3) is 5.95 Å². The van der Waals surface area contributed by atoms with Crippen LogP contribution in [0.3, 0.4) is 0 Å². The highest BCUT2D eigenvalue weighted by molar-refractivity contribution is 5.06. The van der Waals surface area contributed by atoms with E-state index >= 15 is 0 Å². The molecule has 1 atom stereocenters. The minimum Gasteiger partial charge on any atom is -0.462 e. The summed E-state index contributed by atoms with van der Waals surface area (Å²) in [6.07, 6.45) is 7.75. The van der Waals surface area contributed by atoms with Crippen LogP contribution in [0.2, 0.25) is 0 Å². The number of hydrogen-bond acceptors (Lipinski definition) is 2. The normalized spacial score (nSPS) is 30.3. The topological polar surface area (TPSA) is 18.5 Å². The van der Waals surface area contributed by atoms with Crippen LogP contribution in [-0.4, -0.2) is 12.7 Å². The van der Waals surface area contributed by atoms with E-state index in [1.807, 2.05) is 31.2 Å². The third-order valence-electron chi connectivity index (χ3n) is 1.29. The van der Waals surface area contributed by atoms with Crippen molar-refractivity contribution < 1.29 is 9.47 Å². The second-order valence-corrected chi connectivity index (χ2v) is 2.32. The molecule has 2 nitrogen and oxygen atoms in total. The van der Waals surface area contributed by atoms with Crippen LogP contribution in [0, 0.1) is 0 Å². The van der Waals surface area contributed by atoms with Crippen molar-refractivity contribution >= 4 is 0 Å². The summed E-state index contributed by atoms with van der Waals surface area (Å²) in [6.45, 7) is 6.05. The molecule has 0 amide bonds. The van der Waals surface area contributed by atoms with Crippen molar-refractivity contribution in [3.05, 3.63) is 36.8 Å². The fourth-order valence-electron chi connectivity index (χ4n) is 0.776. The highest BCUT2D eigenvalue weighted by Crippen LogP contribution is 2.05. The largest absolute Gasteiger partial charge is 0.462 e. The molecule has 0 spiro atoms. The standard InChI is InChI=1S/C9H12O2/c1-8-6-4-3-5-7-10-9(2)11-8/h3-6,8H,2,7H2,1H3/b5-3-,6-4-. The molecule has 0 saturated heterocycles. The SMILES string of the molecule is C=C1OC/C=C\C=C/C(C)O1. The molecule has 0 saturated carbocycles. The molecular formula is C9H12O2. The van der Waals surface area contributed by atoms with Gasteiger partial charge in [0.05, 0.1) is 0 Å². The Morgan fingerprint density at radius 2 is 2.36 bits per heavy atom. The van der Waals surface area contributed by atoms with Crippen LogP contribution in [0.25, 0.3) is 0 Å². The first-order valence-corrected chi connectivity index (χ1v) is 3.61. The molecule has 0 aromatic carbocycles. The van der Waals surface area contributed by atoms with E-state index in [0.717, 1.165) is 0 Å². The van der Waals surface area contributed by atoms with Crippen molar-refractivity contribution in [1.29, 1.82) is 0 Å². The van der Waals surface area contributed by atoms with Crippen molar-refractivity contribution in [2.45, 2.75) is 13.0 Å². The first kappa shape index (κ1) is 7.92. The summed E-state index contributed by atoms with van der Waals surface area (Å²) in [6, 6.07) is 0. The van der Waals surface area contributed by atoms with Gasteiger partial charge in [0.1, 0.15) is 12.7 Å². The highest BCUT2D eigenvalue weighted by atomic mass is 16.7. The van der Waals surface area contributed by atoms with Gasteiger partial charge in [0, 0.05) is 0 Å². The molecule has 0 aromatic rings. The lowest BCUT2D eigenvalue weighted by atomic mass is 10.3. The Labute approximate surface area is 66.8 Å². The zero-order valence-electron chi connectivity index (χ0n) is 6.62. The maximum absolute atomic E-state index is 5.23. The average molecular weight is 152 g/mol. The van der Waals surface area contributed by atoms with E-state index in [-0.39, 0.29) is 6.10 Å². The van der Waals surface area contributed by atoms with Crippen molar-refractivity contribution in [3.8, 4) is 0 Å². The third-order valence-corrected chi connectivity index (χ3v) is 1.29. The molecule has 1 unspecified atom stereocenters. The molecule has 0 N–H and O–H groups in total. The van der Waals surface area contributed by atoms with E-state index in [9.17, 15) is 0 Å². The molecule has 0 aliphatic carbocycles. The molecule has 1 aliphatic rings. The number of rotatable bonds is 0. The second-order valence-electron chi connectivity index (χ2n) is 2.32. The van der Waals surface area contributed by atoms with Crippen LogP contribution in [0.5, 0.6) is 0 Å². The van der Waals surface area contributed by atoms with Crippen LogP contribution < -0.4 is 0 Å². The van der Waals surface area contributed by atoms with Crippen molar-refractivity contribution in [2.75, 3.05) is 6.61 Å². The first-order chi connectivity index (χ1) is 5.29. The molecule has 0 aromatic heterocycles. The molecule has 0 bridgehead atoms. The summed E-state index contributed by atoms with van der Waals surface area (Å²) in [4.78, 5) is 0. The maximum atomic E-state index is 5.23. The summed E-state index contributed by atoms with van der Waals surface area (Å²) in [5, 5.41) is 0. The van der Waals surface area contributed by atoms with E-state index in [2.05, 4.69) is 6.58 Å². The van der Waals surface area contributed by atoms with Crippen molar-refractivity contribution in [2.24, 2.45) is 0 Å². The van der Waals surface area contributed by atoms with Crippen LogP contribution in [-0.2, 0) is 9.47 Å². The predicted octanol–water partition coefficient (Wildman–Crippen LogP) is 2.01. The lowest BCUT2D eigenvalue weighted by molar-refractivity contribution is 0.0288. The second kappa shape index (κ2) is 3.86. The Hall–Kier alpha value is -1.18. The quantitative estimate of drug-likeness (QED) is 0.528. The zero-order valence-corrected chi connectivity index (χ0v) is 6.62. The number of allylic oxidation sites excluding steroid dienone is 2. The summed E-state index contributed by atoms with van der Waals surface area (Å²) >= 11 is 0. The lowest BCUT2D eigenvalue weighted by Gasteiger charge is -2.11. The zero-order chi connectivity index (χ0) is 8.10. The van der Waals surface area contributed by atoms with E-state index < -0.39 is 0 Å². The van der Waals surface area contributed by atoms with Crippen LogP contribution in [0.15, 0.2) is 36.8 Å². The fraction of sp³-hybridized carbons (Fsp3) is 0.333. The molecule has 1 heterocycles. The first-order valence-electron chi connectivity index (χ1n) is 3.61. The van der Waals surface area contributed by atoms with Crippen molar-refractivity contribution in [1.82, 2.24) is 0 Å². The number of hydrogen-bond donors (Lipinski definition) is 0. The predicted molar refractivity (Wildman–Crippen MR) is 43.9 cm³/mol. The Kier molecular flexibility index (Phi) is 2.78. The summed E-state index contributed by atoms with van der Waals surface area (Å²) in [7, 11) is 0. The van der Waals surface area contributed by atoms with Crippen molar-refractivity contribution in [3.63, 3.8) is 0 Å². The van der Waals surface area contributed by atoms with Crippen LogP contribution in [0.4, 0.5) is 0 Å².